The van der Waals surface area contributed by atoms with Crippen LogP contribution in [-0.2, 0) is 0 Å². The Kier molecular flexibility index (Phi) is 4.11. The van der Waals surface area contributed by atoms with Crippen molar-refractivity contribution in [2.24, 2.45) is 5.73 Å². The van der Waals surface area contributed by atoms with E-state index in [0.717, 1.165) is 25.6 Å². The molecule has 2 N–H and O–H groups in total. The third-order valence-corrected chi connectivity index (χ3v) is 5.21. The van der Waals surface area contributed by atoms with Gasteiger partial charge < -0.3 is 10.6 Å². The minimum Gasteiger partial charge on any atom is -0.323 e. The number of nitrogens with two attached hydrogens (primary N) is 1. The van der Waals surface area contributed by atoms with Crippen molar-refractivity contribution >= 4 is 0 Å². The Morgan fingerprint density at radius 2 is 1.80 bits per heavy atom. The normalized spacial score (nSPS) is 27.2. The smallest absolute Gasteiger partial charge is 0.0465 e. The maximum atomic E-state index is 6.53. The summed E-state index contributed by atoms with van der Waals surface area (Å²) in [5, 5.41) is 0. The summed E-state index contributed by atoms with van der Waals surface area (Å²) in [6.07, 6.45) is 4.12. The molecular formula is C17H27N3. The molecule has 1 aromatic rings. The maximum absolute atomic E-state index is 6.53. The lowest BCUT2D eigenvalue weighted by atomic mass is 9.79. The van der Waals surface area contributed by atoms with Crippen molar-refractivity contribution in [3.63, 3.8) is 0 Å². The highest BCUT2D eigenvalue weighted by atomic mass is 15.3. The van der Waals surface area contributed by atoms with Crippen LogP contribution in [0.1, 0.15) is 42.3 Å². The summed E-state index contributed by atoms with van der Waals surface area (Å²) in [4.78, 5) is 4.79. The lowest BCUT2D eigenvalue weighted by Crippen LogP contribution is -2.54. The van der Waals surface area contributed by atoms with E-state index in [4.69, 9.17) is 5.73 Å². The molecule has 1 saturated heterocycles. The number of benzene rings is 1. The van der Waals surface area contributed by atoms with Crippen LogP contribution in [0.15, 0.2) is 24.3 Å². The van der Waals surface area contributed by atoms with E-state index in [1.165, 1.54) is 30.4 Å². The molecule has 1 heterocycles. The Morgan fingerprint density at radius 1 is 1.10 bits per heavy atom. The van der Waals surface area contributed by atoms with Crippen LogP contribution < -0.4 is 5.73 Å². The average Bonchev–Trinajstić information content (AvgIpc) is 2.40. The second-order valence-electron chi connectivity index (χ2n) is 6.63. The van der Waals surface area contributed by atoms with Crippen LogP contribution in [0.25, 0.3) is 0 Å². The summed E-state index contributed by atoms with van der Waals surface area (Å²) in [7, 11) is 4.38. The average molecular weight is 273 g/mol. The monoisotopic (exact) mass is 273 g/mol. The number of nitrogens with zero attached hydrogens (tertiary/aromatic N) is 2. The number of likely N-dealkylation sites (N-methyl/N-ethyl adjacent to an activating group) is 2. The van der Waals surface area contributed by atoms with Gasteiger partial charge in [0.1, 0.15) is 0 Å². The first-order valence-electron chi connectivity index (χ1n) is 7.89. The van der Waals surface area contributed by atoms with Gasteiger partial charge in [-0.05, 0) is 44.0 Å². The van der Waals surface area contributed by atoms with Crippen molar-refractivity contribution in [1.29, 1.82) is 0 Å². The van der Waals surface area contributed by atoms with E-state index in [-0.39, 0.29) is 6.04 Å². The van der Waals surface area contributed by atoms with Crippen LogP contribution in [0.5, 0.6) is 0 Å². The molecule has 3 rings (SSSR count). The lowest BCUT2D eigenvalue weighted by Gasteiger charge is -2.41. The van der Waals surface area contributed by atoms with Gasteiger partial charge in [-0.15, -0.1) is 0 Å². The van der Waals surface area contributed by atoms with E-state index in [1.807, 2.05) is 0 Å². The third-order valence-electron chi connectivity index (χ3n) is 5.21. The molecule has 3 heteroatoms. The van der Waals surface area contributed by atoms with Gasteiger partial charge in [0.15, 0.2) is 0 Å². The summed E-state index contributed by atoms with van der Waals surface area (Å²) in [6.45, 7) is 3.30. The van der Waals surface area contributed by atoms with Crippen molar-refractivity contribution in [2.45, 2.75) is 37.3 Å². The third kappa shape index (κ3) is 2.76. The summed E-state index contributed by atoms with van der Waals surface area (Å²) in [5.74, 6) is 0.809. The van der Waals surface area contributed by atoms with Crippen molar-refractivity contribution < 1.29 is 0 Å². The van der Waals surface area contributed by atoms with Gasteiger partial charge in [0.25, 0.3) is 0 Å². The minimum atomic E-state index is 0.109. The topological polar surface area (TPSA) is 32.5 Å². The standard InChI is InChI=1S/C17H27N3/c1-19-10-11-20(2)16(12-19)17(18)15-8-6-14(7-9-15)13-4-3-5-13/h6-9,13,16-17H,3-5,10-12,18H2,1-2H3. The number of hydrogen-bond acceptors (Lipinski definition) is 3. The zero-order valence-corrected chi connectivity index (χ0v) is 12.8. The van der Waals surface area contributed by atoms with Crippen molar-refractivity contribution in [1.82, 2.24) is 9.80 Å². The molecule has 0 bridgehead atoms. The van der Waals surface area contributed by atoms with E-state index in [1.54, 1.807) is 0 Å². The fourth-order valence-electron chi connectivity index (χ4n) is 3.39. The fourth-order valence-corrected chi connectivity index (χ4v) is 3.39. The minimum absolute atomic E-state index is 0.109. The van der Waals surface area contributed by atoms with Gasteiger partial charge in [-0.3, -0.25) is 4.90 Å². The highest BCUT2D eigenvalue weighted by Crippen LogP contribution is 2.36. The van der Waals surface area contributed by atoms with Crippen LogP contribution in [0.2, 0.25) is 0 Å². The predicted molar refractivity (Wildman–Crippen MR) is 83.9 cm³/mol. The lowest BCUT2D eigenvalue weighted by molar-refractivity contribution is 0.0974. The molecule has 2 aliphatic rings. The molecule has 20 heavy (non-hydrogen) atoms. The molecule has 2 fully saturated rings. The predicted octanol–water partition coefficient (Wildman–Crippen LogP) is 2.20. The Bertz CT molecular complexity index is 438. The van der Waals surface area contributed by atoms with E-state index in [2.05, 4.69) is 48.2 Å². The molecule has 0 amide bonds. The Balaban J connectivity index is 1.70. The fraction of sp³-hybridized carbons (Fsp3) is 0.647. The first kappa shape index (κ1) is 14.1. The first-order chi connectivity index (χ1) is 9.65. The van der Waals surface area contributed by atoms with Crippen molar-refractivity contribution in [3.8, 4) is 0 Å². The Morgan fingerprint density at radius 3 is 2.40 bits per heavy atom. The molecule has 2 unspecified atom stereocenters. The summed E-state index contributed by atoms with van der Waals surface area (Å²) >= 11 is 0. The SMILES string of the molecule is CN1CCN(C)C(C(N)c2ccc(C3CCC3)cc2)C1. The van der Waals surface area contributed by atoms with Crippen LogP contribution >= 0.6 is 0 Å². The van der Waals surface area contributed by atoms with Gasteiger partial charge in [0, 0.05) is 31.7 Å². The van der Waals surface area contributed by atoms with Crippen LogP contribution in [0.4, 0.5) is 0 Å². The largest absolute Gasteiger partial charge is 0.323 e. The molecule has 1 aromatic carbocycles. The van der Waals surface area contributed by atoms with E-state index >= 15 is 0 Å². The maximum Gasteiger partial charge on any atom is 0.0465 e. The van der Waals surface area contributed by atoms with Gasteiger partial charge in [-0.2, -0.15) is 0 Å². The molecule has 0 spiro atoms. The summed E-state index contributed by atoms with van der Waals surface area (Å²) < 4.78 is 0. The van der Waals surface area contributed by atoms with Gasteiger partial charge >= 0.3 is 0 Å². The molecule has 1 saturated carbocycles. The summed E-state index contributed by atoms with van der Waals surface area (Å²) in [5.41, 5.74) is 9.31. The highest BCUT2D eigenvalue weighted by Gasteiger charge is 2.28. The Hall–Kier alpha value is -0.900. The van der Waals surface area contributed by atoms with E-state index in [9.17, 15) is 0 Å². The highest BCUT2D eigenvalue weighted by molar-refractivity contribution is 5.29. The van der Waals surface area contributed by atoms with E-state index in [0.29, 0.717) is 6.04 Å². The van der Waals surface area contributed by atoms with Crippen molar-refractivity contribution in [3.05, 3.63) is 35.4 Å². The first-order valence-corrected chi connectivity index (χ1v) is 7.89. The molecule has 3 nitrogen and oxygen atoms in total. The number of piperazine rings is 1. The molecule has 0 aromatic heterocycles. The van der Waals surface area contributed by atoms with Crippen LogP contribution in [0, 0.1) is 0 Å². The number of hydrogen-bond donors (Lipinski definition) is 1. The molecule has 1 aliphatic carbocycles. The van der Waals surface area contributed by atoms with Crippen LogP contribution in [-0.4, -0.2) is 49.6 Å². The second-order valence-corrected chi connectivity index (χ2v) is 6.63. The molecule has 0 radical (unpaired) electrons. The molecule has 2 atom stereocenters. The zero-order valence-electron chi connectivity index (χ0n) is 12.8. The second kappa shape index (κ2) is 5.84. The molecular weight excluding hydrogens is 246 g/mol. The van der Waals surface area contributed by atoms with Gasteiger partial charge in [0.2, 0.25) is 0 Å². The quantitative estimate of drug-likeness (QED) is 0.916. The Labute approximate surface area is 122 Å². The number of rotatable bonds is 3. The zero-order chi connectivity index (χ0) is 14.1. The molecule has 1 aliphatic heterocycles. The van der Waals surface area contributed by atoms with Crippen molar-refractivity contribution in [2.75, 3.05) is 33.7 Å². The van der Waals surface area contributed by atoms with Gasteiger partial charge in [-0.1, -0.05) is 30.7 Å². The summed E-state index contributed by atoms with van der Waals surface area (Å²) in [6, 6.07) is 9.63. The van der Waals surface area contributed by atoms with Crippen LogP contribution in [0.3, 0.4) is 0 Å². The molecule has 110 valence electrons. The van der Waals surface area contributed by atoms with Gasteiger partial charge in [0.05, 0.1) is 0 Å². The van der Waals surface area contributed by atoms with E-state index < -0.39 is 0 Å². The van der Waals surface area contributed by atoms with Gasteiger partial charge in [-0.25, -0.2) is 0 Å².